The smallest absolute Gasteiger partial charge is 0.147 e. The molecule has 0 saturated carbocycles. The first-order valence-electron chi connectivity index (χ1n) is 6.11. The van der Waals surface area contributed by atoms with Gasteiger partial charge in [0.25, 0.3) is 0 Å². The van der Waals surface area contributed by atoms with Crippen molar-refractivity contribution in [2.75, 3.05) is 7.05 Å². The second-order valence-corrected chi connectivity index (χ2v) is 5.99. The molecule has 0 bridgehead atoms. The molecule has 0 aliphatic carbocycles. The van der Waals surface area contributed by atoms with Gasteiger partial charge in [0.05, 0.1) is 5.02 Å². The largest absolute Gasteiger partial charge is 0.456 e. The number of hydrogen-bond acceptors (Lipinski definition) is 2. The van der Waals surface area contributed by atoms with Gasteiger partial charge in [-0.25, -0.2) is 0 Å². The van der Waals surface area contributed by atoms with Crippen molar-refractivity contribution in [2.45, 2.75) is 13.0 Å². The quantitative estimate of drug-likeness (QED) is 0.726. The van der Waals surface area contributed by atoms with E-state index in [9.17, 15) is 0 Å². The van der Waals surface area contributed by atoms with Crippen LogP contribution in [0.5, 0.6) is 11.5 Å². The highest BCUT2D eigenvalue weighted by Gasteiger charge is 2.10. The van der Waals surface area contributed by atoms with Crippen molar-refractivity contribution in [3.8, 4) is 11.5 Å². The van der Waals surface area contributed by atoms with E-state index in [4.69, 9.17) is 27.9 Å². The lowest BCUT2D eigenvalue weighted by atomic mass is 10.1. The van der Waals surface area contributed by atoms with Gasteiger partial charge in [0.1, 0.15) is 16.5 Å². The molecular weight excluding hydrogens is 361 g/mol. The van der Waals surface area contributed by atoms with Gasteiger partial charge in [-0.1, -0.05) is 51.3 Å². The summed E-state index contributed by atoms with van der Waals surface area (Å²) in [6.07, 6.45) is 0. The van der Waals surface area contributed by atoms with Crippen molar-refractivity contribution >= 4 is 39.1 Å². The normalized spacial score (nSPS) is 12.2. The van der Waals surface area contributed by atoms with Crippen LogP contribution in [-0.2, 0) is 0 Å². The molecule has 0 spiro atoms. The summed E-state index contributed by atoms with van der Waals surface area (Å²) in [4.78, 5) is 0. The number of benzene rings is 2. The summed E-state index contributed by atoms with van der Waals surface area (Å²) in [7, 11) is 1.92. The summed E-state index contributed by atoms with van der Waals surface area (Å²) in [5.74, 6) is 1.24. The summed E-state index contributed by atoms with van der Waals surface area (Å²) in [5, 5.41) is 4.09. The number of ether oxygens (including phenoxy) is 1. The second-order valence-electron chi connectivity index (χ2n) is 4.35. The average Bonchev–Trinajstić information content (AvgIpc) is 2.43. The van der Waals surface area contributed by atoms with Gasteiger partial charge >= 0.3 is 0 Å². The zero-order valence-electron chi connectivity index (χ0n) is 11.1. The van der Waals surface area contributed by atoms with Crippen LogP contribution in [0.4, 0.5) is 0 Å². The van der Waals surface area contributed by atoms with Gasteiger partial charge < -0.3 is 10.1 Å². The first-order valence-corrected chi connectivity index (χ1v) is 7.66. The van der Waals surface area contributed by atoms with Crippen molar-refractivity contribution in [3.05, 3.63) is 56.5 Å². The Labute approximate surface area is 137 Å². The highest BCUT2D eigenvalue weighted by molar-refractivity contribution is 9.10. The van der Waals surface area contributed by atoms with Crippen LogP contribution in [0.2, 0.25) is 10.0 Å². The summed E-state index contributed by atoms with van der Waals surface area (Å²) in [5.41, 5.74) is 1.16. The molecule has 1 unspecified atom stereocenters. The van der Waals surface area contributed by atoms with Crippen molar-refractivity contribution in [1.82, 2.24) is 5.32 Å². The number of halogens is 3. The van der Waals surface area contributed by atoms with E-state index in [-0.39, 0.29) is 6.04 Å². The number of rotatable bonds is 4. The number of hydrogen-bond donors (Lipinski definition) is 1. The average molecular weight is 375 g/mol. The van der Waals surface area contributed by atoms with Crippen LogP contribution < -0.4 is 10.1 Å². The van der Waals surface area contributed by atoms with Crippen LogP contribution in [0.15, 0.2) is 40.9 Å². The Morgan fingerprint density at radius 1 is 1.20 bits per heavy atom. The van der Waals surface area contributed by atoms with Gasteiger partial charge in [0.2, 0.25) is 0 Å². The summed E-state index contributed by atoms with van der Waals surface area (Å²) in [6, 6.07) is 11.4. The zero-order valence-corrected chi connectivity index (χ0v) is 14.2. The molecule has 2 rings (SSSR count). The standard InChI is InChI=1S/C15H14BrCl2NO/c1-9(19-2)11-7-6-10(8-12(11)16)20-14-5-3-4-13(17)15(14)18/h3-9,19H,1-2H3. The predicted octanol–water partition coefficient (Wildman–Crippen LogP) is 5.83. The first kappa shape index (κ1) is 15.6. The van der Waals surface area contributed by atoms with Crippen LogP contribution in [-0.4, -0.2) is 7.05 Å². The SMILES string of the molecule is CNC(C)c1ccc(Oc2cccc(Cl)c2Cl)cc1Br. The molecule has 0 amide bonds. The molecule has 20 heavy (non-hydrogen) atoms. The van der Waals surface area contributed by atoms with E-state index in [1.165, 1.54) is 0 Å². The maximum Gasteiger partial charge on any atom is 0.147 e. The van der Waals surface area contributed by atoms with Gasteiger partial charge in [0, 0.05) is 10.5 Å². The first-order chi connectivity index (χ1) is 9.52. The molecule has 0 heterocycles. The topological polar surface area (TPSA) is 21.3 Å². The fourth-order valence-corrected chi connectivity index (χ4v) is 2.80. The summed E-state index contributed by atoms with van der Waals surface area (Å²) >= 11 is 15.6. The van der Waals surface area contributed by atoms with Gasteiger partial charge in [-0.3, -0.25) is 0 Å². The molecule has 0 aliphatic rings. The van der Waals surface area contributed by atoms with E-state index < -0.39 is 0 Å². The molecule has 0 fully saturated rings. The minimum absolute atomic E-state index is 0.258. The lowest BCUT2D eigenvalue weighted by Crippen LogP contribution is -2.12. The van der Waals surface area contributed by atoms with E-state index in [1.807, 2.05) is 25.2 Å². The molecule has 2 nitrogen and oxygen atoms in total. The lowest BCUT2D eigenvalue weighted by Gasteiger charge is -2.14. The fraction of sp³-hybridized carbons (Fsp3) is 0.200. The van der Waals surface area contributed by atoms with Gasteiger partial charge in [-0.2, -0.15) is 0 Å². The maximum atomic E-state index is 6.11. The van der Waals surface area contributed by atoms with E-state index >= 15 is 0 Å². The third kappa shape index (κ3) is 3.47. The monoisotopic (exact) mass is 373 g/mol. The van der Waals surface area contributed by atoms with Crippen molar-refractivity contribution in [1.29, 1.82) is 0 Å². The van der Waals surface area contributed by atoms with Gasteiger partial charge in [-0.05, 0) is 43.8 Å². The summed E-state index contributed by atoms with van der Waals surface area (Å²) < 4.78 is 6.75. The van der Waals surface area contributed by atoms with E-state index in [1.54, 1.807) is 18.2 Å². The van der Waals surface area contributed by atoms with Gasteiger partial charge in [0.15, 0.2) is 0 Å². The Balaban J connectivity index is 2.27. The molecule has 0 aliphatic heterocycles. The zero-order chi connectivity index (χ0) is 14.7. The lowest BCUT2D eigenvalue weighted by molar-refractivity contribution is 0.482. The minimum Gasteiger partial charge on any atom is -0.456 e. The Morgan fingerprint density at radius 3 is 2.60 bits per heavy atom. The minimum atomic E-state index is 0.258. The van der Waals surface area contributed by atoms with E-state index in [2.05, 4.69) is 28.2 Å². The Hall–Kier alpha value is -0.740. The van der Waals surface area contributed by atoms with Gasteiger partial charge in [-0.15, -0.1) is 0 Å². The third-order valence-corrected chi connectivity index (χ3v) is 4.50. The van der Waals surface area contributed by atoms with E-state index in [0.717, 1.165) is 10.0 Å². The predicted molar refractivity (Wildman–Crippen MR) is 88.2 cm³/mol. The summed E-state index contributed by atoms with van der Waals surface area (Å²) in [6.45, 7) is 2.09. The molecule has 0 radical (unpaired) electrons. The fourth-order valence-electron chi connectivity index (χ4n) is 1.77. The Morgan fingerprint density at radius 2 is 1.95 bits per heavy atom. The molecule has 1 atom stereocenters. The van der Waals surface area contributed by atoms with Crippen molar-refractivity contribution < 1.29 is 4.74 Å². The van der Waals surface area contributed by atoms with Crippen LogP contribution in [0.3, 0.4) is 0 Å². The molecule has 106 valence electrons. The maximum absolute atomic E-state index is 6.11. The molecule has 0 saturated heterocycles. The highest BCUT2D eigenvalue weighted by atomic mass is 79.9. The van der Waals surface area contributed by atoms with Crippen LogP contribution in [0.1, 0.15) is 18.5 Å². The second kappa shape index (κ2) is 6.81. The Bertz CT molecular complexity index is 619. The highest BCUT2D eigenvalue weighted by Crippen LogP contribution is 2.36. The molecule has 5 heteroatoms. The Kier molecular flexibility index (Phi) is 5.33. The van der Waals surface area contributed by atoms with E-state index in [0.29, 0.717) is 21.5 Å². The number of nitrogens with one attached hydrogen (secondary N) is 1. The molecular formula is C15H14BrCl2NO. The van der Waals surface area contributed by atoms with Crippen molar-refractivity contribution in [2.24, 2.45) is 0 Å². The third-order valence-electron chi connectivity index (χ3n) is 3.02. The van der Waals surface area contributed by atoms with Crippen LogP contribution >= 0.6 is 39.1 Å². The molecule has 2 aromatic rings. The molecule has 2 aromatic carbocycles. The van der Waals surface area contributed by atoms with Crippen LogP contribution in [0.25, 0.3) is 0 Å². The van der Waals surface area contributed by atoms with Crippen LogP contribution in [0, 0.1) is 0 Å². The molecule has 0 aromatic heterocycles. The van der Waals surface area contributed by atoms with Crippen molar-refractivity contribution in [3.63, 3.8) is 0 Å². The molecule has 1 N–H and O–H groups in total.